The van der Waals surface area contributed by atoms with Gasteiger partial charge in [-0.15, -0.1) is 10.2 Å². The molecule has 102 valence electrons. The number of aromatic amines is 1. The molecular weight excluding hydrogens is 332 g/mol. The van der Waals surface area contributed by atoms with Crippen LogP contribution in [-0.2, 0) is 0 Å². The summed E-state index contributed by atoms with van der Waals surface area (Å²) in [5.74, 6) is 0.259. The molecule has 2 aromatic carbocycles. The van der Waals surface area contributed by atoms with Gasteiger partial charge in [0.25, 0.3) is 0 Å². The molecule has 0 aliphatic heterocycles. The molecule has 0 bridgehead atoms. The second-order valence-electron chi connectivity index (χ2n) is 4.26. The maximum Gasteiger partial charge on any atom is 0.216 e. The fraction of sp³-hybridized carbons (Fsp3) is 0. The first-order valence-corrected chi connectivity index (χ1v) is 6.85. The van der Waals surface area contributed by atoms with E-state index in [4.69, 9.17) is 5.26 Å². The number of allylic oxidation sites excluding steroid dienone is 1. The van der Waals surface area contributed by atoms with E-state index in [0.29, 0.717) is 5.57 Å². The van der Waals surface area contributed by atoms with Crippen molar-refractivity contribution >= 4 is 38.0 Å². The zero-order chi connectivity index (χ0) is 14.7. The zero-order valence-electron chi connectivity index (χ0n) is 10.7. The van der Waals surface area contributed by atoms with E-state index in [2.05, 4.69) is 47.9 Å². The van der Waals surface area contributed by atoms with Crippen LogP contribution in [0.25, 0.3) is 16.3 Å². The van der Waals surface area contributed by atoms with Crippen LogP contribution < -0.4 is 5.32 Å². The van der Waals surface area contributed by atoms with E-state index in [1.54, 1.807) is 6.20 Å². The van der Waals surface area contributed by atoms with Gasteiger partial charge in [0.05, 0.1) is 0 Å². The summed E-state index contributed by atoms with van der Waals surface area (Å²) in [4.78, 5) is 0. The first-order chi connectivity index (χ1) is 10.3. The minimum Gasteiger partial charge on any atom is -0.360 e. The van der Waals surface area contributed by atoms with Gasteiger partial charge in [0.15, 0.2) is 0 Å². The molecule has 0 aliphatic rings. The molecule has 1 heterocycles. The third-order valence-corrected chi connectivity index (χ3v) is 3.39. The third kappa shape index (κ3) is 2.90. The summed E-state index contributed by atoms with van der Waals surface area (Å²) in [6, 6.07) is 14.0. The van der Waals surface area contributed by atoms with Crippen LogP contribution >= 0.6 is 15.9 Å². The molecule has 6 nitrogen and oxygen atoms in total. The van der Waals surface area contributed by atoms with Gasteiger partial charge in [0.2, 0.25) is 5.82 Å². The number of halogens is 1. The Morgan fingerprint density at radius 2 is 2.05 bits per heavy atom. The lowest BCUT2D eigenvalue weighted by atomic mass is 10.1. The quantitative estimate of drug-likeness (QED) is 0.715. The Morgan fingerprint density at radius 1 is 1.24 bits per heavy atom. The highest BCUT2D eigenvalue weighted by Crippen LogP contribution is 2.23. The third-order valence-electron chi connectivity index (χ3n) is 2.89. The van der Waals surface area contributed by atoms with E-state index in [9.17, 15) is 0 Å². The molecule has 0 radical (unpaired) electrons. The van der Waals surface area contributed by atoms with Crippen molar-refractivity contribution < 1.29 is 0 Å². The average molecular weight is 341 g/mol. The molecule has 0 saturated carbocycles. The smallest absolute Gasteiger partial charge is 0.216 e. The van der Waals surface area contributed by atoms with Crippen molar-refractivity contribution in [3.63, 3.8) is 0 Å². The minimum atomic E-state index is 0.259. The lowest BCUT2D eigenvalue weighted by molar-refractivity contribution is 0.881. The van der Waals surface area contributed by atoms with Crippen LogP contribution in [0.2, 0.25) is 0 Å². The number of H-pyrrole nitrogens is 1. The number of tetrazole rings is 1. The molecule has 3 aromatic rings. The maximum atomic E-state index is 9.09. The van der Waals surface area contributed by atoms with Crippen LogP contribution in [0.3, 0.4) is 0 Å². The van der Waals surface area contributed by atoms with Crippen LogP contribution in [0.1, 0.15) is 5.82 Å². The molecule has 21 heavy (non-hydrogen) atoms. The molecule has 2 N–H and O–H groups in total. The Labute approximate surface area is 128 Å². The summed E-state index contributed by atoms with van der Waals surface area (Å²) in [7, 11) is 0. The number of hydrogen-bond donors (Lipinski definition) is 2. The lowest BCUT2D eigenvalue weighted by Crippen LogP contribution is -1.93. The largest absolute Gasteiger partial charge is 0.360 e. The standard InChI is InChI=1S/C14H9BrN6/c15-12-3-1-10-6-13(4-2-9(10)5-12)17-8-11(7-16)14-18-20-21-19-14/h1-6,8,17H,(H,18,19,20,21). The second kappa shape index (κ2) is 5.73. The van der Waals surface area contributed by atoms with Gasteiger partial charge in [0, 0.05) is 16.4 Å². The number of benzene rings is 2. The Morgan fingerprint density at radius 3 is 2.81 bits per heavy atom. The summed E-state index contributed by atoms with van der Waals surface area (Å²) in [5, 5.41) is 27.7. The summed E-state index contributed by atoms with van der Waals surface area (Å²) < 4.78 is 1.04. The molecular formula is C14H9BrN6. The molecule has 0 atom stereocenters. The van der Waals surface area contributed by atoms with E-state index in [-0.39, 0.29) is 5.82 Å². The van der Waals surface area contributed by atoms with Crippen molar-refractivity contribution in [2.45, 2.75) is 0 Å². The summed E-state index contributed by atoms with van der Waals surface area (Å²) >= 11 is 3.45. The average Bonchev–Trinajstić information content (AvgIpc) is 3.02. The van der Waals surface area contributed by atoms with Gasteiger partial charge in [-0.2, -0.15) is 10.5 Å². The Bertz CT molecular complexity index is 848. The predicted molar refractivity (Wildman–Crippen MR) is 83.0 cm³/mol. The first-order valence-electron chi connectivity index (χ1n) is 6.06. The predicted octanol–water partition coefficient (Wildman–Crippen LogP) is 3.09. The number of nitrogens with one attached hydrogen (secondary N) is 2. The van der Waals surface area contributed by atoms with Crippen LogP contribution in [0.4, 0.5) is 5.69 Å². The van der Waals surface area contributed by atoms with Gasteiger partial charge in [-0.1, -0.05) is 28.1 Å². The van der Waals surface area contributed by atoms with Gasteiger partial charge in [-0.05, 0) is 40.3 Å². The molecule has 3 rings (SSSR count). The van der Waals surface area contributed by atoms with E-state index in [0.717, 1.165) is 20.9 Å². The number of nitrogens with zero attached hydrogens (tertiary/aromatic N) is 4. The zero-order valence-corrected chi connectivity index (χ0v) is 12.3. The van der Waals surface area contributed by atoms with Crippen LogP contribution in [0, 0.1) is 11.3 Å². The first kappa shape index (κ1) is 13.3. The summed E-state index contributed by atoms with van der Waals surface area (Å²) in [6.07, 6.45) is 1.56. The normalized spacial score (nSPS) is 11.3. The fourth-order valence-corrected chi connectivity index (χ4v) is 2.26. The number of aromatic nitrogens is 4. The highest BCUT2D eigenvalue weighted by Gasteiger charge is 2.05. The number of rotatable bonds is 3. The number of hydrogen-bond acceptors (Lipinski definition) is 5. The second-order valence-corrected chi connectivity index (χ2v) is 5.17. The van der Waals surface area contributed by atoms with Crippen molar-refractivity contribution in [2.75, 3.05) is 5.32 Å². The highest BCUT2D eigenvalue weighted by atomic mass is 79.9. The van der Waals surface area contributed by atoms with Crippen LogP contribution in [0.15, 0.2) is 47.1 Å². The molecule has 0 aliphatic carbocycles. The number of nitriles is 1. The van der Waals surface area contributed by atoms with Crippen molar-refractivity contribution in [1.82, 2.24) is 20.6 Å². The van der Waals surface area contributed by atoms with Crippen molar-refractivity contribution in [3.05, 3.63) is 52.9 Å². The van der Waals surface area contributed by atoms with E-state index < -0.39 is 0 Å². The minimum absolute atomic E-state index is 0.259. The van der Waals surface area contributed by atoms with E-state index >= 15 is 0 Å². The fourth-order valence-electron chi connectivity index (χ4n) is 1.88. The molecule has 0 amide bonds. The Balaban J connectivity index is 1.88. The summed E-state index contributed by atoms with van der Waals surface area (Å²) in [6.45, 7) is 0. The monoisotopic (exact) mass is 340 g/mol. The lowest BCUT2D eigenvalue weighted by Gasteiger charge is -2.04. The Hall–Kier alpha value is -2.72. The Kier molecular flexibility index (Phi) is 3.62. The molecule has 0 saturated heterocycles. The molecule has 1 aromatic heterocycles. The van der Waals surface area contributed by atoms with E-state index in [1.165, 1.54) is 0 Å². The van der Waals surface area contributed by atoms with E-state index in [1.807, 2.05) is 36.4 Å². The molecule has 0 fully saturated rings. The number of anilines is 1. The van der Waals surface area contributed by atoms with Crippen molar-refractivity contribution in [3.8, 4) is 6.07 Å². The van der Waals surface area contributed by atoms with Crippen molar-refractivity contribution in [2.24, 2.45) is 0 Å². The number of fused-ring (bicyclic) bond motifs is 1. The SMILES string of the molecule is N#CC(=CNc1ccc2cc(Br)ccc2c1)c1nn[nH]n1. The summed E-state index contributed by atoms with van der Waals surface area (Å²) in [5.41, 5.74) is 1.18. The molecule has 0 spiro atoms. The van der Waals surface area contributed by atoms with Gasteiger partial charge in [-0.25, -0.2) is 0 Å². The van der Waals surface area contributed by atoms with Crippen LogP contribution in [0.5, 0.6) is 0 Å². The molecule has 7 heteroatoms. The highest BCUT2D eigenvalue weighted by molar-refractivity contribution is 9.10. The maximum absolute atomic E-state index is 9.09. The molecule has 0 unspecified atom stereocenters. The van der Waals surface area contributed by atoms with Gasteiger partial charge in [-0.3, -0.25) is 0 Å². The van der Waals surface area contributed by atoms with Crippen molar-refractivity contribution in [1.29, 1.82) is 5.26 Å². The van der Waals surface area contributed by atoms with Gasteiger partial charge in [0.1, 0.15) is 11.6 Å². The topological polar surface area (TPSA) is 90.3 Å². The van der Waals surface area contributed by atoms with Gasteiger partial charge < -0.3 is 5.32 Å². The van der Waals surface area contributed by atoms with Gasteiger partial charge >= 0.3 is 0 Å². The van der Waals surface area contributed by atoms with Crippen LogP contribution in [-0.4, -0.2) is 20.6 Å².